The minimum atomic E-state index is -1.05. The third kappa shape index (κ3) is 2.91. The second-order valence-corrected chi connectivity index (χ2v) is 4.05. The van der Waals surface area contributed by atoms with E-state index in [1.54, 1.807) is 6.07 Å². The number of hydrogen-bond acceptors (Lipinski definition) is 2. The number of benzene rings is 1. The molecule has 0 saturated heterocycles. The van der Waals surface area contributed by atoms with Crippen molar-refractivity contribution in [1.29, 1.82) is 0 Å². The van der Waals surface area contributed by atoms with E-state index >= 15 is 0 Å². The van der Waals surface area contributed by atoms with Gasteiger partial charge in [0.15, 0.2) is 0 Å². The van der Waals surface area contributed by atoms with E-state index in [0.29, 0.717) is 3.57 Å². The van der Waals surface area contributed by atoms with Crippen molar-refractivity contribution in [3.05, 3.63) is 33.1 Å². The molecule has 0 aromatic heterocycles. The van der Waals surface area contributed by atoms with E-state index in [1.165, 1.54) is 12.1 Å². The van der Waals surface area contributed by atoms with Crippen LogP contribution in [0.25, 0.3) is 0 Å². The molecule has 1 aromatic carbocycles. The molecule has 14 heavy (non-hydrogen) atoms. The number of aliphatic carboxylic acids is 1. The third-order valence-corrected chi connectivity index (χ3v) is 2.78. The van der Waals surface area contributed by atoms with Crippen LogP contribution in [0.15, 0.2) is 18.2 Å². The number of carboxylic acid groups (broad SMARTS) is 1. The molecule has 0 aliphatic heterocycles. The van der Waals surface area contributed by atoms with Crippen LogP contribution in [0.3, 0.4) is 0 Å². The molecule has 0 bridgehead atoms. The van der Waals surface area contributed by atoms with Gasteiger partial charge in [-0.15, -0.1) is 0 Å². The average Bonchev–Trinajstić information content (AvgIpc) is 2.09. The molecule has 0 spiro atoms. The second kappa shape index (κ2) is 4.70. The van der Waals surface area contributed by atoms with Crippen molar-refractivity contribution in [2.24, 2.45) is 5.73 Å². The van der Waals surface area contributed by atoms with Crippen LogP contribution in [0.4, 0.5) is 4.39 Å². The molecule has 1 rings (SSSR count). The van der Waals surface area contributed by atoms with E-state index in [-0.39, 0.29) is 12.2 Å². The standard InChI is InChI=1S/C9H9FINO2/c10-6-2-1-5(7(11)4-6)3-8(12)9(13)14/h1-2,4,8H,3,12H2,(H,13,14)/t8-/m0/s1. The van der Waals surface area contributed by atoms with Crippen molar-refractivity contribution in [3.8, 4) is 0 Å². The van der Waals surface area contributed by atoms with Gasteiger partial charge < -0.3 is 10.8 Å². The van der Waals surface area contributed by atoms with E-state index in [2.05, 4.69) is 0 Å². The van der Waals surface area contributed by atoms with Crippen molar-refractivity contribution in [3.63, 3.8) is 0 Å². The zero-order chi connectivity index (χ0) is 10.7. The predicted octanol–water partition coefficient (Wildman–Crippen LogP) is 1.38. The Morgan fingerprint density at radius 3 is 2.79 bits per heavy atom. The minimum absolute atomic E-state index is 0.216. The van der Waals surface area contributed by atoms with Gasteiger partial charge in [0.1, 0.15) is 11.9 Å². The lowest BCUT2D eigenvalue weighted by Crippen LogP contribution is -2.32. The Labute approximate surface area is 94.2 Å². The number of carboxylic acids is 1. The molecule has 0 saturated carbocycles. The molecule has 0 unspecified atom stereocenters. The minimum Gasteiger partial charge on any atom is -0.480 e. The number of hydrogen-bond donors (Lipinski definition) is 2. The molecule has 1 aromatic rings. The first-order chi connectivity index (χ1) is 6.50. The Morgan fingerprint density at radius 2 is 2.29 bits per heavy atom. The van der Waals surface area contributed by atoms with E-state index in [1.807, 2.05) is 22.6 Å². The number of nitrogens with two attached hydrogens (primary N) is 1. The van der Waals surface area contributed by atoms with Gasteiger partial charge in [-0.25, -0.2) is 4.39 Å². The normalized spacial score (nSPS) is 12.5. The van der Waals surface area contributed by atoms with Crippen LogP contribution in [0, 0.1) is 9.39 Å². The Bertz CT molecular complexity index is 357. The number of halogens is 2. The van der Waals surface area contributed by atoms with Gasteiger partial charge in [-0.3, -0.25) is 4.79 Å². The molecule has 0 heterocycles. The molecule has 0 aliphatic rings. The molecule has 1 atom stereocenters. The molecule has 0 aliphatic carbocycles. The molecule has 3 nitrogen and oxygen atoms in total. The van der Waals surface area contributed by atoms with Gasteiger partial charge in [0.2, 0.25) is 0 Å². The van der Waals surface area contributed by atoms with E-state index in [4.69, 9.17) is 10.8 Å². The van der Waals surface area contributed by atoms with E-state index in [9.17, 15) is 9.18 Å². The summed E-state index contributed by atoms with van der Waals surface area (Å²) in [6.07, 6.45) is 0.216. The molecule has 0 fully saturated rings. The molecule has 5 heteroatoms. The first kappa shape index (κ1) is 11.4. The maximum absolute atomic E-state index is 12.7. The van der Waals surface area contributed by atoms with Gasteiger partial charge in [0, 0.05) is 3.57 Å². The largest absolute Gasteiger partial charge is 0.480 e. The Balaban J connectivity index is 2.82. The molecule has 76 valence electrons. The van der Waals surface area contributed by atoms with Crippen molar-refractivity contribution in [2.75, 3.05) is 0 Å². The maximum Gasteiger partial charge on any atom is 0.320 e. The van der Waals surface area contributed by atoms with Crippen LogP contribution in [0.1, 0.15) is 5.56 Å². The highest BCUT2D eigenvalue weighted by molar-refractivity contribution is 14.1. The molecular formula is C9H9FINO2. The van der Waals surface area contributed by atoms with Crippen LogP contribution in [0.2, 0.25) is 0 Å². The lowest BCUT2D eigenvalue weighted by Gasteiger charge is -2.08. The van der Waals surface area contributed by atoms with Gasteiger partial charge in [-0.05, 0) is 46.7 Å². The summed E-state index contributed by atoms with van der Waals surface area (Å²) in [6, 6.07) is 3.27. The lowest BCUT2D eigenvalue weighted by atomic mass is 10.1. The van der Waals surface area contributed by atoms with Crippen molar-refractivity contribution in [1.82, 2.24) is 0 Å². The fourth-order valence-electron chi connectivity index (χ4n) is 1.01. The highest BCUT2D eigenvalue weighted by atomic mass is 127. The molecule has 0 amide bonds. The van der Waals surface area contributed by atoms with Crippen LogP contribution < -0.4 is 5.73 Å². The zero-order valence-corrected chi connectivity index (χ0v) is 9.36. The topological polar surface area (TPSA) is 63.3 Å². The van der Waals surface area contributed by atoms with Gasteiger partial charge in [-0.1, -0.05) is 6.07 Å². The number of rotatable bonds is 3. The van der Waals surface area contributed by atoms with Crippen LogP contribution >= 0.6 is 22.6 Å². The summed E-state index contributed by atoms with van der Waals surface area (Å²) in [5, 5.41) is 8.59. The zero-order valence-electron chi connectivity index (χ0n) is 7.21. The van der Waals surface area contributed by atoms with Crippen LogP contribution in [0.5, 0.6) is 0 Å². The Kier molecular flexibility index (Phi) is 3.82. The third-order valence-electron chi connectivity index (χ3n) is 1.77. The average molecular weight is 309 g/mol. The molecule has 3 N–H and O–H groups in total. The second-order valence-electron chi connectivity index (χ2n) is 2.88. The fourth-order valence-corrected chi connectivity index (χ4v) is 1.71. The highest BCUT2D eigenvalue weighted by Gasteiger charge is 2.13. The van der Waals surface area contributed by atoms with Gasteiger partial charge in [0.05, 0.1) is 0 Å². The SMILES string of the molecule is N[C@@H](Cc1ccc(F)cc1I)C(=O)O. The summed E-state index contributed by atoms with van der Waals surface area (Å²) in [4.78, 5) is 10.5. The van der Waals surface area contributed by atoms with E-state index < -0.39 is 12.0 Å². The van der Waals surface area contributed by atoms with Crippen LogP contribution in [-0.4, -0.2) is 17.1 Å². The summed E-state index contributed by atoms with van der Waals surface area (Å²) >= 11 is 1.95. The summed E-state index contributed by atoms with van der Waals surface area (Å²) in [7, 11) is 0. The van der Waals surface area contributed by atoms with Gasteiger partial charge >= 0.3 is 5.97 Å². The van der Waals surface area contributed by atoms with Crippen molar-refractivity contribution >= 4 is 28.6 Å². The summed E-state index contributed by atoms with van der Waals surface area (Å²) in [5.41, 5.74) is 6.11. The van der Waals surface area contributed by atoms with Crippen LogP contribution in [-0.2, 0) is 11.2 Å². The molecule has 0 radical (unpaired) electrons. The quantitative estimate of drug-likeness (QED) is 0.829. The van der Waals surface area contributed by atoms with Gasteiger partial charge in [0.25, 0.3) is 0 Å². The Hall–Kier alpha value is -0.690. The summed E-state index contributed by atoms with van der Waals surface area (Å²) < 4.78 is 13.4. The van der Waals surface area contributed by atoms with Gasteiger partial charge in [-0.2, -0.15) is 0 Å². The van der Waals surface area contributed by atoms with Crippen molar-refractivity contribution < 1.29 is 14.3 Å². The number of carbonyl (C=O) groups is 1. The highest BCUT2D eigenvalue weighted by Crippen LogP contribution is 2.15. The van der Waals surface area contributed by atoms with Crippen molar-refractivity contribution in [2.45, 2.75) is 12.5 Å². The summed E-state index contributed by atoms with van der Waals surface area (Å²) in [5.74, 6) is -1.38. The molecular weight excluding hydrogens is 300 g/mol. The maximum atomic E-state index is 12.7. The monoisotopic (exact) mass is 309 g/mol. The predicted molar refractivity (Wildman–Crippen MR) is 58.4 cm³/mol. The lowest BCUT2D eigenvalue weighted by molar-refractivity contribution is -0.138. The van der Waals surface area contributed by atoms with E-state index in [0.717, 1.165) is 5.56 Å². The Morgan fingerprint density at radius 1 is 1.64 bits per heavy atom. The smallest absolute Gasteiger partial charge is 0.320 e. The summed E-state index contributed by atoms with van der Waals surface area (Å²) in [6.45, 7) is 0. The fraction of sp³-hybridized carbons (Fsp3) is 0.222. The first-order valence-electron chi connectivity index (χ1n) is 3.93. The first-order valence-corrected chi connectivity index (χ1v) is 5.01.